The van der Waals surface area contributed by atoms with Crippen LogP contribution >= 0.6 is 11.8 Å². The summed E-state index contributed by atoms with van der Waals surface area (Å²) in [6.07, 6.45) is 6.03. The minimum atomic E-state index is 0.310. The fraction of sp³-hybridized carbons (Fsp3) is 0.800. The number of thioether (sulfide) groups is 1. The molecule has 70 valence electrons. The first-order chi connectivity index (χ1) is 5.64. The van der Waals surface area contributed by atoms with Crippen molar-refractivity contribution in [3.8, 4) is 0 Å². The molecule has 12 heavy (non-hydrogen) atoms. The Bertz CT molecular complexity index is 173. The van der Waals surface area contributed by atoms with Crippen molar-refractivity contribution in [2.24, 2.45) is 0 Å². The van der Waals surface area contributed by atoms with Gasteiger partial charge in [0.25, 0.3) is 0 Å². The van der Waals surface area contributed by atoms with Crippen LogP contribution in [0.25, 0.3) is 0 Å². The van der Waals surface area contributed by atoms with E-state index in [9.17, 15) is 0 Å². The van der Waals surface area contributed by atoms with Crippen LogP contribution < -0.4 is 5.32 Å². The van der Waals surface area contributed by atoms with E-state index in [0.29, 0.717) is 5.54 Å². The van der Waals surface area contributed by atoms with Gasteiger partial charge in [-0.1, -0.05) is 19.4 Å². The number of allylic oxidation sites excluding steroid dienone is 1. The third-order valence-electron chi connectivity index (χ3n) is 2.06. The van der Waals surface area contributed by atoms with E-state index in [0.717, 1.165) is 0 Å². The van der Waals surface area contributed by atoms with Crippen molar-refractivity contribution in [3.05, 3.63) is 11.1 Å². The monoisotopic (exact) mass is 185 g/mol. The summed E-state index contributed by atoms with van der Waals surface area (Å²) in [4.78, 5) is 0. The average Bonchev–Trinajstić information content (AvgIpc) is 1.99. The second-order valence-corrected chi connectivity index (χ2v) is 5.10. The topological polar surface area (TPSA) is 12.0 Å². The minimum absolute atomic E-state index is 0.310. The van der Waals surface area contributed by atoms with Crippen molar-refractivity contribution < 1.29 is 0 Å². The highest BCUT2D eigenvalue weighted by molar-refractivity contribution is 8.03. The van der Waals surface area contributed by atoms with Crippen LogP contribution in [0.3, 0.4) is 0 Å². The van der Waals surface area contributed by atoms with E-state index in [-0.39, 0.29) is 0 Å². The zero-order valence-electron chi connectivity index (χ0n) is 8.31. The highest BCUT2D eigenvalue weighted by atomic mass is 32.2. The molecule has 1 fully saturated rings. The van der Waals surface area contributed by atoms with Gasteiger partial charge in [0, 0.05) is 11.3 Å². The van der Waals surface area contributed by atoms with Crippen LogP contribution in [0.1, 0.15) is 40.0 Å². The molecule has 1 saturated heterocycles. The van der Waals surface area contributed by atoms with Gasteiger partial charge < -0.3 is 5.32 Å². The number of hydrogen-bond donors (Lipinski definition) is 1. The molecule has 0 unspecified atom stereocenters. The first-order valence-corrected chi connectivity index (χ1v) is 5.74. The lowest BCUT2D eigenvalue weighted by molar-refractivity contribution is 0.419. The molecule has 0 aromatic heterocycles. The lowest BCUT2D eigenvalue weighted by atomic mass is 10.0. The van der Waals surface area contributed by atoms with E-state index in [1.54, 1.807) is 0 Å². The van der Waals surface area contributed by atoms with Crippen molar-refractivity contribution >= 4 is 11.8 Å². The van der Waals surface area contributed by atoms with Gasteiger partial charge in [-0.05, 0) is 26.7 Å². The van der Waals surface area contributed by atoms with Crippen LogP contribution in [0.15, 0.2) is 11.1 Å². The maximum atomic E-state index is 3.55. The van der Waals surface area contributed by atoms with Gasteiger partial charge in [0.15, 0.2) is 0 Å². The van der Waals surface area contributed by atoms with Gasteiger partial charge in [-0.25, -0.2) is 0 Å². The zero-order valence-corrected chi connectivity index (χ0v) is 9.13. The molecule has 0 aromatic rings. The fourth-order valence-corrected chi connectivity index (χ4v) is 2.65. The maximum Gasteiger partial charge on any atom is 0.0644 e. The summed E-state index contributed by atoms with van der Waals surface area (Å²) in [7, 11) is 0. The standard InChI is InChI=1S/C10H19NS/c1-4-5-6-9-11-10(2,3)7-8-12-9/h6,11H,4-5,7-8H2,1-3H3/b9-6-. The molecular weight excluding hydrogens is 166 g/mol. The predicted octanol–water partition coefficient (Wildman–Crippen LogP) is 3.13. The van der Waals surface area contributed by atoms with Crippen LogP contribution in [0.4, 0.5) is 0 Å². The van der Waals surface area contributed by atoms with Crippen molar-refractivity contribution in [1.29, 1.82) is 0 Å². The highest BCUT2D eigenvalue weighted by Crippen LogP contribution is 2.27. The Hall–Kier alpha value is -0.110. The molecule has 1 aliphatic rings. The molecule has 0 spiro atoms. The Kier molecular flexibility index (Phi) is 3.51. The lowest BCUT2D eigenvalue weighted by Crippen LogP contribution is -2.41. The molecule has 0 bridgehead atoms. The summed E-state index contributed by atoms with van der Waals surface area (Å²) in [5.41, 5.74) is 0.310. The van der Waals surface area contributed by atoms with Crippen molar-refractivity contribution in [1.82, 2.24) is 5.32 Å². The molecule has 1 aliphatic heterocycles. The first kappa shape index (κ1) is 9.97. The van der Waals surface area contributed by atoms with Gasteiger partial charge in [0.2, 0.25) is 0 Å². The van der Waals surface area contributed by atoms with E-state index in [2.05, 4.69) is 32.2 Å². The number of nitrogens with one attached hydrogen (secondary N) is 1. The Morgan fingerprint density at radius 2 is 2.33 bits per heavy atom. The molecule has 0 aromatic carbocycles. The number of rotatable bonds is 2. The Morgan fingerprint density at radius 3 is 2.92 bits per heavy atom. The van der Waals surface area contributed by atoms with Crippen LogP contribution in [0.5, 0.6) is 0 Å². The van der Waals surface area contributed by atoms with Gasteiger partial charge in [0.1, 0.15) is 0 Å². The quantitative estimate of drug-likeness (QED) is 0.709. The highest BCUT2D eigenvalue weighted by Gasteiger charge is 2.22. The van der Waals surface area contributed by atoms with Gasteiger partial charge in [-0.3, -0.25) is 0 Å². The van der Waals surface area contributed by atoms with Crippen molar-refractivity contribution in [3.63, 3.8) is 0 Å². The Morgan fingerprint density at radius 1 is 1.58 bits per heavy atom. The molecule has 0 amide bonds. The number of unbranched alkanes of at least 4 members (excludes halogenated alkanes) is 1. The lowest BCUT2D eigenvalue weighted by Gasteiger charge is -2.33. The van der Waals surface area contributed by atoms with Crippen molar-refractivity contribution in [2.45, 2.75) is 45.6 Å². The van der Waals surface area contributed by atoms with Gasteiger partial charge >= 0.3 is 0 Å². The van der Waals surface area contributed by atoms with E-state index in [1.807, 2.05) is 11.8 Å². The fourth-order valence-electron chi connectivity index (χ4n) is 1.23. The molecular formula is C10H19NS. The second-order valence-electron chi connectivity index (χ2n) is 3.96. The summed E-state index contributed by atoms with van der Waals surface area (Å²) in [6, 6.07) is 0. The Balaban J connectivity index is 2.46. The normalized spacial score (nSPS) is 25.4. The van der Waals surface area contributed by atoms with Gasteiger partial charge in [-0.15, -0.1) is 11.8 Å². The molecule has 0 aliphatic carbocycles. The molecule has 1 rings (SSSR count). The zero-order chi connectivity index (χ0) is 9.03. The van der Waals surface area contributed by atoms with E-state index in [4.69, 9.17) is 0 Å². The molecule has 0 saturated carbocycles. The summed E-state index contributed by atoms with van der Waals surface area (Å²) in [5.74, 6) is 1.26. The van der Waals surface area contributed by atoms with E-state index >= 15 is 0 Å². The summed E-state index contributed by atoms with van der Waals surface area (Å²) >= 11 is 1.96. The molecule has 2 heteroatoms. The minimum Gasteiger partial charge on any atom is -0.375 e. The molecule has 1 nitrogen and oxygen atoms in total. The SMILES string of the molecule is CCC/C=C1/NC(C)(C)CCS1. The van der Waals surface area contributed by atoms with Gasteiger partial charge in [-0.2, -0.15) is 0 Å². The predicted molar refractivity (Wildman–Crippen MR) is 57.3 cm³/mol. The molecule has 1 heterocycles. The summed E-state index contributed by atoms with van der Waals surface area (Å²) in [6.45, 7) is 6.76. The molecule has 1 N–H and O–H groups in total. The van der Waals surface area contributed by atoms with Crippen LogP contribution in [-0.4, -0.2) is 11.3 Å². The number of hydrogen-bond acceptors (Lipinski definition) is 2. The van der Waals surface area contributed by atoms with Crippen molar-refractivity contribution in [2.75, 3.05) is 5.75 Å². The summed E-state index contributed by atoms with van der Waals surface area (Å²) in [5, 5.41) is 4.93. The largest absolute Gasteiger partial charge is 0.375 e. The smallest absolute Gasteiger partial charge is 0.0644 e. The maximum absolute atomic E-state index is 3.55. The Labute approximate surface area is 80.0 Å². The van der Waals surface area contributed by atoms with Gasteiger partial charge in [0.05, 0.1) is 5.03 Å². The second kappa shape index (κ2) is 4.22. The van der Waals surface area contributed by atoms with E-state index in [1.165, 1.54) is 30.0 Å². The van der Waals surface area contributed by atoms with Crippen LogP contribution in [0, 0.1) is 0 Å². The average molecular weight is 185 g/mol. The first-order valence-electron chi connectivity index (χ1n) is 4.75. The third-order valence-corrected chi connectivity index (χ3v) is 3.05. The third kappa shape index (κ3) is 3.10. The van der Waals surface area contributed by atoms with E-state index < -0.39 is 0 Å². The molecule has 0 atom stereocenters. The van der Waals surface area contributed by atoms with Crippen LogP contribution in [0.2, 0.25) is 0 Å². The van der Waals surface area contributed by atoms with Crippen LogP contribution in [-0.2, 0) is 0 Å². The molecule has 0 radical (unpaired) electrons. The summed E-state index contributed by atoms with van der Waals surface area (Å²) < 4.78 is 0.